The number of rotatable bonds is 6. The Morgan fingerprint density at radius 2 is 2.22 bits per heavy atom. The van der Waals surface area contributed by atoms with Gasteiger partial charge in [-0.05, 0) is 32.9 Å². The molecule has 4 heteroatoms. The predicted octanol–water partition coefficient (Wildman–Crippen LogP) is 1.60. The largest absolute Gasteiger partial charge is 0.357 e. The first-order valence-electron chi connectivity index (χ1n) is 7.18. The SMILES string of the molecule is C=CCNC(=NCC1CCCCN1CC)NCC. The molecule has 1 saturated heterocycles. The van der Waals surface area contributed by atoms with Crippen LogP contribution in [-0.4, -0.2) is 49.6 Å². The van der Waals surface area contributed by atoms with Gasteiger partial charge in [0.1, 0.15) is 0 Å². The third-order valence-corrected chi connectivity index (χ3v) is 3.37. The van der Waals surface area contributed by atoms with E-state index in [0.717, 1.165) is 32.1 Å². The molecule has 1 heterocycles. The Hall–Kier alpha value is -1.03. The van der Waals surface area contributed by atoms with Gasteiger partial charge < -0.3 is 10.6 Å². The van der Waals surface area contributed by atoms with Crippen LogP contribution in [0.5, 0.6) is 0 Å². The molecule has 4 nitrogen and oxygen atoms in total. The fraction of sp³-hybridized carbons (Fsp3) is 0.786. The van der Waals surface area contributed by atoms with Crippen LogP contribution in [0.3, 0.4) is 0 Å². The predicted molar refractivity (Wildman–Crippen MR) is 79.1 cm³/mol. The molecule has 0 aromatic rings. The molecule has 1 fully saturated rings. The maximum absolute atomic E-state index is 4.68. The summed E-state index contributed by atoms with van der Waals surface area (Å²) in [5, 5.41) is 6.51. The van der Waals surface area contributed by atoms with Crippen molar-refractivity contribution in [2.75, 3.05) is 32.7 Å². The fourth-order valence-electron chi connectivity index (χ4n) is 2.39. The summed E-state index contributed by atoms with van der Waals surface area (Å²) in [6.07, 6.45) is 5.81. The van der Waals surface area contributed by atoms with Gasteiger partial charge in [0.2, 0.25) is 0 Å². The molecule has 18 heavy (non-hydrogen) atoms. The molecule has 0 spiro atoms. The average Bonchev–Trinajstić information content (AvgIpc) is 2.42. The van der Waals surface area contributed by atoms with Crippen molar-refractivity contribution >= 4 is 5.96 Å². The minimum atomic E-state index is 0.614. The first-order valence-corrected chi connectivity index (χ1v) is 7.18. The van der Waals surface area contributed by atoms with Crippen LogP contribution < -0.4 is 10.6 Å². The van der Waals surface area contributed by atoms with Gasteiger partial charge in [-0.3, -0.25) is 9.89 Å². The Morgan fingerprint density at radius 3 is 2.89 bits per heavy atom. The third kappa shape index (κ3) is 5.08. The molecular weight excluding hydrogens is 224 g/mol. The van der Waals surface area contributed by atoms with Gasteiger partial charge in [-0.2, -0.15) is 0 Å². The van der Waals surface area contributed by atoms with E-state index in [2.05, 4.69) is 41.0 Å². The van der Waals surface area contributed by atoms with Crippen molar-refractivity contribution < 1.29 is 0 Å². The van der Waals surface area contributed by atoms with E-state index in [0.29, 0.717) is 6.04 Å². The molecule has 0 amide bonds. The minimum absolute atomic E-state index is 0.614. The standard InChI is InChI=1S/C14H28N4/c1-4-10-16-14(15-5-2)17-12-13-9-7-8-11-18(13)6-3/h4,13H,1,5-12H2,2-3H3,(H2,15,16,17). The Labute approximate surface area is 112 Å². The van der Waals surface area contributed by atoms with E-state index in [4.69, 9.17) is 0 Å². The number of guanidine groups is 1. The van der Waals surface area contributed by atoms with Crippen molar-refractivity contribution in [1.82, 2.24) is 15.5 Å². The summed E-state index contributed by atoms with van der Waals surface area (Å²) in [5.41, 5.74) is 0. The van der Waals surface area contributed by atoms with E-state index in [9.17, 15) is 0 Å². The number of nitrogens with one attached hydrogen (secondary N) is 2. The number of hydrogen-bond donors (Lipinski definition) is 2. The highest BCUT2D eigenvalue weighted by Gasteiger charge is 2.20. The molecule has 1 aliphatic rings. The van der Waals surface area contributed by atoms with Gasteiger partial charge >= 0.3 is 0 Å². The van der Waals surface area contributed by atoms with E-state index in [-0.39, 0.29) is 0 Å². The molecule has 1 rings (SSSR count). The highest BCUT2D eigenvalue weighted by Crippen LogP contribution is 2.16. The molecule has 0 saturated carbocycles. The molecule has 104 valence electrons. The van der Waals surface area contributed by atoms with Crippen molar-refractivity contribution in [3.8, 4) is 0 Å². The molecular formula is C14H28N4. The summed E-state index contributed by atoms with van der Waals surface area (Å²) in [6, 6.07) is 0.614. The Kier molecular flexibility index (Phi) is 7.49. The van der Waals surface area contributed by atoms with Crippen LogP contribution in [0.25, 0.3) is 0 Å². The summed E-state index contributed by atoms with van der Waals surface area (Å²) >= 11 is 0. The maximum atomic E-state index is 4.68. The molecule has 0 aliphatic carbocycles. The van der Waals surface area contributed by atoms with E-state index in [1.165, 1.54) is 25.8 Å². The number of nitrogens with zero attached hydrogens (tertiary/aromatic N) is 2. The molecule has 0 aromatic heterocycles. The average molecular weight is 252 g/mol. The second-order valence-electron chi connectivity index (χ2n) is 4.67. The van der Waals surface area contributed by atoms with Crippen LogP contribution in [0.15, 0.2) is 17.6 Å². The van der Waals surface area contributed by atoms with Crippen LogP contribution in [0.1, 0.15) is 33.1 Å². The summed E-state index contributed by atoms with van der Waals surface area (Å²) in [6.45, 7) is 12.9. The Morgan fingerprint density at radius 1 is 1.39 bits per heavy atom. The molecule has 0 radical (unpaired) electrons. The van der Waals surface area contributed by atoms with Crippen molar-refractivity contribution in [3.63, 3.8) is 0 Å². The van der Waals surface area contributed by atoms with Gasteiger partial charge in [-0.25, -0.2) is 0 Å². The zero-order valence-corrected chi connectivity index (χ0v) is 11.9. The van der Waals surface area contributed by atoms with Gasteiger partial charge in [0.25, 0.3) is 0 Å². The Bertz CT molecular complexity index is 263. The van der Waals surface area contributed by atoms with Crippen molar-refractivity contribution in [1.29, 1.82) is 0 Å². The summed E-state index contributed by atoms with van der Waals surface area (Å²) in [4.78, 5) is 7.22. The fourth-order valence-corrected chi connectivity index (χ4v) is 2.39. The van der Waals surface area contributed by atoms with Gasteiger partial charge in [0, 0.05) is 19.1 Å². The van der Waals surface area contributed by atoms with Gasteiger partial charge in [0.05, 0.1) is 6.54 Å². The van der Waals surface area contributed by atoms with E-state index >= 15 is 0 Å². The minimum Gasteiger partial charge on any atom is -0.357 e. The zero-order chi connectivity index (χ0) is 13.2. The first-order chi connectivity index (χ1) is 8.81. The van der Waals surface area contributed by atoms with Gasteiger partial charge in [0.15, 0.2) is 5.96 Å². The van der Waals surface area contributed by atoms with E-state index in [1.807, 2.05) is 6.08 Å². The second kappa shape index (κ2) is 8.97. The van der Waals surface area contributed by atoms with Crippen molar-refractivity contribution in [3.05, 3.63) is 12.7 Å². The number of likely N-dealkylation sites (N-methyl/N-ethyl adjacent to an activating group) is 1. The normalized spacial score (nSPS) is 21.7. The number of likely N-dealkylation sites (tertiary alicyclic amines) is 1. The van der Waals surface area contributed by atoms with Crippen LogP contribution in [0, 0.1) is 0 Å². The topological polar surface area (TPSA) is 39.7 Å². The van der Waals surface area contributed by atoms with E-state index < -0.39 is 0 Å². The lowest BCUT2D eigenvalue weighted by molar-refractivity contribution is 0.161. The lowest BCUT2D eigenvalue weighted by atomic mass is 10.0. The second-order valence-corrected chi connectivity index (χ2v) is 4.67. The first kappa shape index (κ1) is 15.0. The van der Waals surface area contributed by atoms with Crippen LogP contribution in [0.2, 0.25) is 0 Å². The maximum Gasteiger partial charge on any atom is 0.191 e. The third-order valence-electron chi connectivity index (χ3n) is 3.37. The van der Waals surface area contributed by atoms with Crippen LogP contribution in [0.4, 0.5) is 0 Å². The quantitative estimate of drug-likeness (QED) is 0.428. The van der Waals surface area contributed by atoms with E-state index in [1.54, 1.807) is 0 Å². The van der Waals surface area contributed by atoms with Gasteiger partial charge in [-0.15, -0.1) is 6.58 Å². The molecule has 0 bridgehead atoms. The molecule has 1 atom stereocenters. The van der Waals surface area contributed by atoms with Gasteiger partial charge in [-0.1, -0.05) is 19.4 Å². The Balaban J connectivity index is 2.47. The molecule has 0 aromatic carbocycles. The highest BCUT2D eigenvalue weighted by atomic mass is 15.2. The van der Waals surface area contributed by atoms with Crippen LogP contribution >= 0.6 is 0 Å². The smallest absolute Gasteiger partial charge is 0.191 e. The van der Waals surface area contributed by atoms with Crippen molar-refractivity contribution in [2.24, 2.45) is 4.99 Å². The number of hydrogen-bond acceptors (Lipinski definition) is 2. The summed E-state index contributed by atoms with van der Waals surface area (Å²) in [5.74, 6) is 0.902. The van der Waals surface area contributed by atoms with Crippen molar-refractivity contribution in [2.45, 2.75) is 39.2 Å². The molecule has 2 N–H and O–H groups in total. The van der Waals surface area contributed by atoms with Crippen LogP contribution in [-0.2, 0) is 0 Å². The number of aliphatic imine (C=N–C) groups is 1. The summed E-state index contributed by atoms with van der Waals surface area (Å²) in [7, 11) is 0. The summed E-state index contributed by atoms with van der Waals surface area (Å²) < 4.78 is 0. The lowest BCUT2D eigenvalue weighted by Crippen LogP contribution is -2.43. The zero-order valence-electron chi connectivity index (χ0n) is 11.9. The number of piperidine rings is 1. The molecule has 1 aliphatic heterocycles. The lowest BCUT2D eigenvalue weighted by Gasteiger charge is -2.33. The monoisotopic (exact) mass is 252 g/mol. The molecule has 1 unspecified atom stereocenters. The highest BCUT2D eigenvalue weighted by molar-refractivity contribution is 5.79.